The van der Waals surface area contributed by atoms with Crippen molar-refractivity contribution in [2.24, 2.45) is 0 Å². The van der Waals surface area contributed by atoms with Crippen molar-refractivity contribution < 1.29 is 9.66 Å². The fraction of sp³-hybridized carbons (Fsp3) is 0.571. The van der Waals surface area contributed by atoms with Gasteiger partial charge in [0.25, 0.3) is 5.69 Å². The number of hydrogen-bond donors (Lipinski definition) is 1. The lowest BCUT2D eigenvalue weighted by Gasteiger charge is -2.21. The van der Waals surface area contributed by atoms with Crippen LogP contribution < -0.4 is 5.32 Å². The highest BCUT2D eigenvalue weighted by Gasteiger charge is 2.17. The second-order valence-electron chi connectivity index (χ2n) is 4.83. The Bertz CT molecular complexity index is 462. The Morgan fingerprint density at radius 2 is 2.15 bits per heavy atom. The molecule has 1 aliphatic heterocycles. The van der Waals surface area contributed by atoms with Crippen LogP contribution in [-0.4, -0.2) is 29.9 Å². The van der Waals surface area contributed by atoms with E-state index in [9.17, 15) is 10.1 Å². The summed E-state index contributed by atoms with van der Waals surface area (Å²) >= 11 is 1.72. The maximum absolute atomic E-state index is 11.0. The molecule has 0 spiro atoms. The van der Waals surface area contributed by atoms with Crippen molar-refractivity contribution >= 4 is 23.1 Å². The predicted octanol–water partition coefficient (Wildman–Crippen LogP) is 3.69. The van der Waals surface area contributed by atoms with Crippen molar-refractivity contribution in [1.82, 2.24) is 0 Å². The number of rotatable bonds is 6. The standard InChI is InChI=1S/C14H20N2O3S/c1-2-5-15-11-8-12(16(17)18)10-14(9-11)20-13-3-6-19-7-4-13/h8-10,13,15H,2-7H2,1H3. The minimum absolute atomic E-state index is 0.153. The molecule has 0 radical (unpaired) electrons. The molecule has 0 atom stereocenters. The van der Waals surface area contributed by atoms with Crippen LogP contribution in [0, 0.1) is 10.1 Å². The number of ether oxygens (including phenoxy) is 1. The van der Waals surface area contributed by atoms with Gasteiger partial charge in [0.2, 0.25) is 0 Å². The summed E-state index contributed by atoms with van der Waals surface area (Å²) in [6.45, 7) is 4.46. The van der Waals surface area contributed by atoms with Gasteiger partial charge in [-0.25, -0.2) is 0 Å². The first-order valence-electron chi connectivity index (χ1n) is 6.97. The van der Waals surface area contributed by atoms with Gasteiger partial charge >= 0.3 is 0 Å². The van der Waals surface area contributed by atoms with Gasteiger partial charge in [-0.1, -0.05) is 6.92 Å². The van der Waals surface area contributed by atoms with Crippen molar-refractivity contribution in [2.45, 2.75) is 36.3 Å². The third kappa shape index (κ3) is 4.38. The van der Waals surface area contributed by atoms with E-state index in [1.165, 1.54) is 0 Å². The summed E-state index contributed by atoms with van der Waals surface area (Å²) < 4.78 is 5.34. The Morgan fingerprint density at radius 3 is 2.80 bits per heavy atom. The Hall–Kier alpha value is -1.27. The number of nitro groups is 1. The lowest BCUT2D eigenvalue weighted by molar-refractivity contribution is -0.385. The number of nitrogens with one attached hydrogen (secondary N) is 1. The topological polar surface area (TPSA) is 64.4 Å². The number of thioether (sulfide) groups is 1. The highest BCUT2D eigenvalue weighted by Crippen LogP contribution is 2.34. The predicted molar refractivity (Wildman–Crippen MR) is 81.6 cm³/mol. The van der Waals surface area contributed by atoms with E-state index in [0.717, 1.165) is 49.6 Å². The van der Waals surface area contributed by atoms with Gasteiger partial charge in [-0.15, -0.1) is 11.8 Å². The monoisotopic (exact) mass is 296 g/mol. The number of nitro benzene ring substituents is 1. The van der Waals surface area contributed by atoms with Gasteiger partial charge in [0.15, 0.2) is 0 Å². The molecular weight excluding hydrogens is 276 g/mol. The fourth-order valence-electron chi connectivity index (χ4n) is 2.11. The number of hydrogen-bond acceptors (Lipinski definition) is 5. The van der Waals surface area contributed by atoms with Gasteiger partial charge in [-0.2, -0.15) is 0 Å². The molecule has 0 bridgehead atoms. The zero-order valence-corrected chi connectivity index (χ0v) is 12.4. The summed E-state index contributed by atoms with van der Waals surface area (Å²) in [5.41, 5.74) is 0.983. The van der Waals surface area contributed by atoms with Crippen molar-refractivity contribution in [1.29, 1.82) is 0 Å². The number of nitrogens with zero attached hydrogens (tertiary/aromatic N) is 1. The molecule has 0 unspecified atom stereocenters. The molecular formula is C14H20N2O3S. The van der Waals surface area contributed by atoms with Crippen molar-refractivity contribution in [3.8, 4) is 0 Å². The van der Waals surface area contributed by atoms with Crippen LogP contribution in [0.15, 0.2) is 23.1 Å². The Balaban J connectivity index is 2.12. The molecule has 0 aromatic heterocycles. The van der Waals surface area contributed by atoms with Crippen LogP contribution in [0.25, 0.3) is 0 Å². The molecule has 1 heterocycles. The van der Waals surface area contributed by atoms with Crippen LogP contribution in [0.3, 0.4) is 0 Å². The Labute approximate surface area is 123 Å². The summed E-state index contributed by atoms with van der Waals surface area (Å²) in [5.74, 6) is 0. The highest BCUT2D eigenvalue weighted by atomic mass is 32.2. The highest BCUT2D eigenvalue weighted by molar-refractivity contribution is 8.00. The third-order valence-corrected chi connectivity index (χ3v) is 4.46. The van der Waals surface area contributed by atoms with Crippen LogP contribution >= 0.6 is 11.8 Å². The second-order valence-corrected chi connectivity index (χ2v) is 6.20. The average Bonchev–Trinajstić information content (AvgIpc) is 2.46. The van der Waals surface area contributed by atoms with E-state index in [2.05, 4.69) is 12.2 Å². The largest absolute Gasteiger partial charge is 0.385 e. The minimum atomic E-state index is -0.328. The molecule has 20 heavy (non-hydrogen) atoms. The van der Waals surface area contributed by atoms with E-state index >= 15 is 0 Å². The van der Waals surface area contributed by atoms with Gasteiger partial charge in [0, 0.05) is 47.7 Å². The van der Waals surface area contributed by atoms with Gasteiger partial charge in [0.1, 0.15) is 0 Å². The number of anilines is 1. The second kappa shape index (κ2) is 7.50. The third-order valence-electron chi connectivity index (χ3n) is 3.15. The van der Waals surface area contributed by atoms with E-state index in [0.29, 0.717) is 5.25 Å². The maximum Gasteiger partial charge on any atom is 0.272 e. The molecule has 0 aliphatic carbocycles. The van der Waals surface area contributed by atoms with Crippen molar-refractivity contribution in [3.05, 3.63) is 28.3 Å². The minimum Gasteiger partial charge on any atom is -0.385 e. The molecule has 1 aromatic carbocycles. The molecule has 6 heteroatoms. The number of benzene rings is 1. The maximum atomic E-state index is 11.0. The zero-order valence-electron chi connectivity index (χ0n) is 11.6. The van der Waals surface area contributed by atoms with E-state index in [4.69, 9.17) is 4.74 Å². The van der Waals surface area contributed by atoms with Crippen molar-refractivity contribution in [3.63, 3.8) is 0 Å². The van der Waals surface area contributed by atoms with E-state index in [-0.39, 0.29) is 10.6 Å². The lowest BCUT2D eigenvalue weighted by atomic mass is 10.2. The van der Waals surface area contributed by atoms with E-state index in [1.807, 2.05) is 6.07 Å². The van der Waals surface area contributed by atoms with Gasteiger partial charge < -0.3 is 10.1 Å². The van der Waals surface area contributed by atoms with Gasteiger partial charge in [-0.05, 0) is 25.3 Å². The average molecular weight is 296 g/mol. The molecule has 1 aromatic rings. The summed E-state index contributed by atoms with van der Waals surface area (Å²) in [4.78, 5) is 11.7. The Kier molecular flexibility index (Phi) is 5.67. The molecule has 1 saturated heterocycles. The smallest absolute Gasteiger partial charge is 0.272 e. The van der Waals surface area contributed by atoms with Crippen LogP contribution in [0.2, 0.25) is 0 Å². The summed E-state index contributed by atoms with van der Waals surface area (Å²) in [7, 11) is 0. The van der Waals surface area contributed by atoms with Gasteiger partial charge in [-0.3, -0.25) is 10.1 Å². The quantitative estimate of drug-likeness (QED) is 0.640. The first-order chi connectivity index (χ1) is 9.69. The molecule has 1 fully saturated rings. The summed E-state index contributed by atoms with van der Waals surface area (Å²) in [5, 5.41) is 14.7. The normalized spacial score (nSPS) is 16.1. The summed E-state index contributed by atoms with van der Waals surface area (Å²) in [6, 6.07) is 5.27. The first kappa shape index (κ1) is 15.1. The fourth-order valence-corrected chi connectivity index (χ4v) is 3.31. The Morgan fingerprint density at radius 1 is 1.40 bits per heavy atom. The van der Waals surface area contributed by atoms with E-state index < -0.39 is 0 Å². The molecule has 1 N–H and O–H groups in total. The van der Waals surface area contributed by atoms with Gasteiger partial charge in [0.05, 0.1) is 4.92 Å². The van der Waals surface area contributed by atoms with Crippen LogP contribution in [-0.2, 0) is 4.74 Å². The zero-order chi connectivity index (χ0) is 14.4. The molecule has 5 nitrogen and oxygen atoms in total. The molecule has 110 valence electrons. The first-order valence-corrected chi connectivity index (χ1v) is 7.84. The molecule has 1 aliphatic rings. The molecule has 0 saturated carbocycles. The lowest BCUT2D eigenvalue weighted by Crippen LogP contribution is -2.17. The SMILES string of the molecule is CCCNc1cc(SC2CCOCC2)cc([N+](=O)[O-])c1. The van der Waals surface area contributed by atoms with Crippen molar-refractivity contribution in [2.75, 3.05) is 25.1 Å². The van der Waals surface area contributed by atoms with Crippen LogP contribution in [0.5, 0.6) is 0 Å². The molecule has 0 amide bonds. The van der Waals surface area contributed by atoms with Crippen LogP contribution in [0.4, 0.5) is 11.4 Å². The summed E-state index contributed by atoms with van der Waals surface area (Å²) in [6.07, 6.45) is 3.00. The number of non-ortho nitro benzene ring substituents is 1. The van der Waals surface area contributed by atoms with E-state index in [1.54, 1.807) is 23.9 Å². The molecule has 2 rings (SSSR count). The van der Waals surface area contributed by atoms with Crippen LogP contribution in [0.1, 0.15) is 26.2 Å².